The maximum Gasteiger partial charge on any atom is 0.289 e. The topological polar surface area (TPSA) is 37.4 Å². The van der Waals surface area contributed by atoms with Crippen LogP contribution in [0.25, 0.3) is 0 Å². The normalized spacial score (nSPS) is 10.6. The van der Waals surface area contributed by atoms with E-state index >= 15 is 0 Å². The first-order chi connectivity index (χ1) is 8.82. The fraction of sp³-hybridized carbons (Fsp3) is 0.500. The Hall–Kier alpha value is -1.64. The average Bonchev–Trinajstić information content (AvgIpc) is 2.35. The van der Waals surface area contributed by atoms with Gasteiger partial charge in [-0.25, -0.2) is 0 Å². The predicted octanol–water partition coefficient (Wildman–Crippen LogP) is 2.71. The summed E-state index contributed by atoms with van der Waals surface area (Å²) in [7, 11) is 1.67. The summed E-state index contributed by atoms with van der Waals surface area (Å²) >= 11 is 0. The molecule has 0 heterocycles. The molecule has 0 spiro atoms. The third-order valence-electron chi connectivity index (χ3n) is 3.40. The zero-order chi connectivity index (χ0) is 14.6. The molecule has 104 valence electrons. The first-order valence-corrected chi connectivity index (χ1v) is 6.68. The number of carbonyl (C=O) groups excluding carboxylic acids is 2. The lowest BCUT2D eigenvalue weighted by atomic mass is 9.96. The SMILES string of the molecule is CC(=O)C(=O)N(C)CCc1cc(C(C)C)ccc1C. The van der Waals surface area contributed by atoms with Crippen molar-refractivity contribution in [2.24, 2.45) is 0 Å². The van der Waals surface area contributed by atoms with Crippen LogP contribution in [0.5, 0.6) is 0 Å². The Balaban J connectivity index is 2.74. The molecule has 19 heavy (non-hydrogen) atoms. The van der Waals surface area contributed by atoms with Crippen molar-refractivity contribution in [3.63, 3.8) is 0 Å². The van der Waals surface area contributed by atoms with E-state index in [1.54, 1.807) is 7.05 Å². The van der Waals surface area contributed by atoms with Crippen molar-refractivity contribution in [1.82, 2.24) is 4.90 Å². The number of hydrogen-bond donors (Lipinski definition) is 0. The standard InChI is InChI=1S/C16H23NO2/c1-11(2)14-7-6-12(3)15(10-14)8-9-17(5)16(19)13(4)18/h6-7,10-11H,8-9H2,1-5H3. The molecule has 0 bridgehead atoms. The molecule has 0 fully saturated rings. The van der Waals surface area contributed by atoms with Crippen molar-refractivity contribution in [1.29, 1.82) is 0 Å². The second-order valence-corrected chi connectivity index (χ2v) is 5.37. The van der Waals surface area contributed by atoms with E-state index in [1.807, 2.05) is 0 Å². The van der Waals surface area contributed by atoms with Gasteiger partial charge < -0.3 is 4.90 Å². The molecule has 0 aliphatic carbocycles. The number of benzene rings is 1. The van der Waals surface area contributed by atoms with Crippen LogP contribution in [0.3, 0.4) is 0 Å². The number of rotatable bonds is 5. The largest absolute Gasteiger partial charge is 0.339 e. The van der Waals surface area contributed by atoms with Gasteiger partial charge in [-0.3, -0.25) is 9.59 Å². The molecule has 0 atom stereocenters. The maximum atomic E-state index is 11.5. The van der Waals surface area contributed by atoms with Crippen LogP contribution in [0, 0.1) is 6.92 Å². The Morgan fingerprint density at radius 3 is 2.42 bits per heavy atom. The van der Waals surface area contributed by atoms with Crippen molar-refractivity contribution < 1.29 is 9.59 Å². The second kappa shape index (κ2) is 6.50. The van der Waals surface area contributed by atoms with Crippen molar-refractivity contribution in [3.8, 4) is 0 Å². The van der Waals surface area contributed by atoms with Crippen LogP contribution in [-0.2, 0) is 16.0 Å². The lowest BCUT2D eigenvalue weighted by Crippen LogP contribution is -2.33. The summed E-state index contributed by atoms with van der Waals surface area (Å²) in [6.07, 6.45) is 0.780. The second-order valence-electron chi connectivity index (χ2n) is 5.37. The molecule has 1 amide bonds. The Morgan fingerprint density at radius 2 is 1.89 bits per heavy atom. The summed E-state index contributed by atoms with van der Waals surface area (Å²) in [5, 5.41) is 0. The molecule has 1 aromatic rings. The molecular formula is C16H23NO2. The van der Waals surface area contributed by atoms with E-state index in [9.17, 15) is 9.59 Å². The van der Waals surface area contributed by atoms with Gasteiger partial charge in [-0.15, -0.1) is 0 Å². The zero-order valence-electron chi connectivity index (χ0n) is 12.5. The molecule has 0 saturated carbocycles. The van der Waals surface area contributed by atoms with Gasteiger partial charge in [0.25, 0.3) is 5.91 Å². The Morgan fingerprint density at radius 1 is 1.26 bits per heavy atom. The third-order valence-corrected chi connectivity index (χ3v) is 3.40. The highest BCUT2D eigenvalue weighted by Gasteiger charge is 2.13. The van der Waals surface area contributed by atoms with Gasteiger partial charge in [0, 0.05) is 20.5 Å². The van der Waals surface area contributed by atoms with Gasteiger partial charge >= 0.3 is 0 Å². The minimum atomic E-state index is -0.419. The Kier molecular flexibility index (Phi) is 5.28. The van der Waals surface area contributed by atoms with Gasteiger partial charge in [0.1, 0.15) is 0 Å². The minimum Gasteiger partial charge on any atom is -0.339 e. The summed E-state index contributed by atoms with van der Waals surface area (Å²) in [4.78, 5) is 24.0. The highest BCUT2D eigenvalue weighted by atomic mass is 16.2. The minimum absolute atomic E-state index is 0.407. The zero-order valence-corrected chi connectivity index (χ0v) is 12.5. The molecule has 0 aliphatic rings. The molecule has 0 aromatic heterocycles. The lowest BCUT2D eigenvalue weighted by Gasteiger charge is -2.17. The van der Waals surface area contributed by atoms with Crippen LogP contribution in [0.2, 0.25) is 0 Å². The lowest BCUT2D eigenvalue weighted by molar-refractivity contribution is -0.142. The highest BCUT2D eigenvalue weighted by molar-refractivity contribution is 6.34. The van der Waals surface area contributed by atoms with Gasteiger partial charge in [-0.05, 0) is 36.0 Å². The number of likely N-dealkylation sites (N-methyl/N-ethyl adjacent to an activating group) is 1. The van der Waals surface area contributed by atoms with Gasteiger partial charge in [0.05, 0.1) is 0 Å². The third kappa shape index (κ3) is 4.19. The van der Waals surface area contributed by atoms with E-state index in [0.717, 1.165) is 6.42 Å². The summed E-state index contributed by atoms with van der Waals surface area (Å²) in [5.41, 5.74) is 3.78. The van der Waals surface area contributed by atoms with Gasteiger partial charge in [0.15, 0.2) is 0 Å². The van der Waals surface area contributed by atoms with Crippen molar-refractivity contribution in [2.45, 2.75) is 40.0 Å². The molecule has 0 N–H and O–H groups in total. The summed E-state index contributed by atoms with van der Waals surface area (Å²) in [6, 6.07) is 6.47. The van der Waals surface area contributed by atoms with Gasteiger partial charge in [-0.2, -0.15) is 0 Å². The molecule has 0 aliphatic heterocycles. The smallest absolute Gasteiger partial charge is 0.289 e. The van der Waals surface area contributed by atoms with Crippen LogP contribution in [0.15, 0.2) is 18.2 Å². The van der Waals surface area contributed by atoms with Gasteiger partial charge in [0.2, 0.25) is 5.78 Å². The molecule has 0 radical (unpaired) electrons. The predicted molar refractivity (Wildman–Crippen MR) is 77.3 cm³/mol. The Bertz CT molecular complexity index is 478. The molecule has 0 unspecified atom stereocenters. The van der Waals surface area contributed by atoms with E-state index in [1.165, 1.54) is 28.5 Å². The molecule has 1 aromatic carbocycles. The molecule has 3 nitrogen and oxygen atoms in total. The summed E-state index contributed by atoms with van der Waals surface area (Å²) in [6.45, 7) is 8.29. The van der Waals surface area contributed by atoms with Gasteiger partial charge in [-0.1, -0.05) is 32.0 Å². The van der Waals surface area contributed by atoms with E-state index in [-0.39, 0.29) is 0 Å². The number of nitrogens with zero attached hydrogens (tertiary/aromatic N) is 1. The van der Waals surface area contributed by atoms with Crippen LogP contribution >= 0.6 is 0 Å². The number of amides is 1. The highest BCUT2D eigenvalue weighted by Crippen LogP contribution is 2.19. The number of carbonyl (C=O) groups is 2. The molecule has 3 heteroatoms. The number of hydrogen-bond acceptors (Lipinski definition) is 2. The van der Waals surface area contributed by atoms with Crippen LogP contribution in [-0.4, -0.2) is 30.2 Å². The molecular weight excluding hydrogens is 238 g/mol. The van der Waals surface area contributed by atoms with E-state index < -0.39 is 11.7 Å². The maximum absolute atomic E-state index is 11.5. The quantitative estimate of drug-likeness (QED) is 0.764. The van der Waals surface area contributed by atoms with E-state index in [0.29, 0.717) is 12.5 Å². The molecule has 1 rings (SSSR count). The van der Waals surface area contributed by atoms with E-state index in [4.69, 9.17) is 0 Å². The first kappa shape index (κ1) is 15.4. The Labute approximate surface area is 115 Å². The number of aryl methyl sites for hydroxylation is 1. The van der Waals surface area contributed by atoms with Crippen molar-refractivity contribution in [3.05, 3.63) is 34.9 Å². The fourth-order valence-electron chi connectivity index (χ4n) is 1.98. The number of ketones is 1. The monoisotopic (exact) mass is 261 g/mol. The van der Waals surface area contributed by atoms with Crippen LogP contribution in [0.4, 0.5) is 0 Å². The fourth-order valence-corrected chi connectivity index (χ4v) is 1.98. The van der Waals surface area contributed by atoms with E-state index in [2.05, 4.69) is 39.0 Å². The van der Waals surface area contributed by atoms with Crippen molar-refractivity contribution in [2.75, 3.05) is 13.6 Å². The summed E-state index contributed by atoms with van der Waals surface area (Å²) < 4.78 is 0. The first-order valence-electron chi connectivity index (χ1n) is 6.68. The van der Waals surface area contributed by atoms with Crippen LogP contribution in [0.1, 0.15) is 43.4 Å². The van der Waals surface area contributed by atoms with Crippen molar-refractivity contribution >= 4 is 11.7 Å². The number of Topliss-reactive ketones (excluding diaryl/α,β-unsaturated/α-hetero) is 1. The average molecular weight is 261 g/mol. The summed E-state index contributed by atoms with van der Waals surface area (Å²) in [5.74, 6) is -0.330. The van der Waals surface area contributed by atoms with Crippen LogP contribution < -0.4 is 0 Å². The molecule has 0 saturated heterocycles.